The summed E-state index contributed by atoms with van der Waals surface area (Å²) in [6, 6.07) is 7.74. The first kappa shape index (κ1) is 15.1. The molecule has 5 heteroatoms. The SMILES string of the molecule is O=C(O)C(=CNc1cccc(C2CCCCC2)c1)C(=O)O. The van der Waals surface area contributed by atoms with Crippen molar-refractivity contribution >= 4 is 17.6 Å². The van der Waals surface area contributed by atoms with E-state index in [1.165, 1.54) is 37.7 Å². The minimum atomic E-state index is -1.46. The van der Waals surface area contributed by atoms with Crippen molar-refractivity contribution in [3.05, 3.63) is 41.6 Å². The van der Waals surface area contributed by atoms with Crippen molar-refractivity contribution in [2.45, 2.75) is 38.0 Å². The number of carboxylic acids is 2. The average molecular weight is 289 g/mol. The molecule has 2 rings (SSSR count). The Bertz CT molecular complexity index is 543. The van der Waals surface area contributed by atoms with Gasteiger partial charge in [-0.3, -0.25) is 0 Å². The van der Waals surface area contributed by atoms with Crippen LogP contribution in [0, 0.1) is 0 Å². The van der Waals surface area contributed by atoms with Gasteiger partial charge in [-0.1, -0.05) is 31.4 Å². The van der Waals surface area contributed by atoms with Crippen LogP contribution in [0.15, 0.2) is 36.0 Å². The van der Waals surface area contributed by atoms with Crippen LogP contribution in [0.25, 0.3) is 0 Å². The van der Waals surface area contributed by atoms with E-state index in [1.807, 2.05) is 12.1 Å². The molecule has 0 unspecified atom stereocenters. The summed E-state index contributed by atoms with van der Waals surface area (Å²) in [4.78, 5) is 21.6. The highest BCUT2D eigenvalue weighted by Crippen LogP contribution is 2.33. The average Bonchev–Trinajstić information content (AvgIpc) is 2.48. The highest BCUT2D eigenvalue weighted by Gasteiger charge is 2.17. The number of carboxylic acid groups (broad SMARTS) is 2. The van der Waals surface area contributed by atoms with Crippen LogP contribution in [0.2, 0.25) is 0 Å². The fourth-order valence-electron chi connectivity index (χ4n) is 2.69. The molecule has 0 aliphatic heterocycles. The summed E-state index contributed by atoms with van der Waals surface area (Å²) in [5.41, 5.74) is 1.25. The summed E-state index contributed by atoms with van der Waals surface area (Å²) >= 11 is 0. The van der Waals surface area contributed by atoms with Crippen LogP contribution >= 0.6 is 0 Å². The molecular formula is C16H19NO4. The molecule has 1 saturated carbocycles. The molecule has 0 heterocycles. The van der Waals surface area contributed by atoms with Gasteiger partial charge in [-0.05, 0) is 36.5 Å². The smallest absolute Gasteiger partial charge is 0.344 e. The number of carbonyl (C=O) groups is 2. The van der Waals surface area contributed by atoms with E-state index in [9.17, 15) is 9.59 Å². The third-order valence-corrected chi connectivity index (χ3v) is 3.81. The van der Waals surface area contributed by atoms with Crippen molar-refractivity contribution in [2.24, 2.45) is 0 Å². The van der Waals surface area contributed by atoms with E-state index in [0.29, 0.717) is 11.6 Å². The quantitative estimate of drug-likeness (QED) is 0.440. The molecule has 0 bridgehead atoms. The van der Waals surface area contributed by atoms with Crippen molar-refractivity contribution in [3.63, 3.8) is 0 Å². The summed E-state index contributed by atoms with van der Waals surface area (Å²) in [6.45, 7) is 0. The van der Waals surface area contributed by atoms with E-state index in [4.69, 9.17) is 10.2 Å². The highest BCUT2D eigenvalue weighted by atomic mass is 16.4. The van der Waals surface area contributed by atoms with E-state index in [2.05, 4.69) is 11.4 Å². The lowest BCUT2D eigenvalue weighted by atomic mass is 9.84. The van der Waals surface area contributed by atoms with Crippen molar-refractivity contribution in [3.8, 4) is 0 Å². The fraction of sp³-hybridized carbons (Fsp3) is 0.375. The van der Waals surface area contributed by atoms with E-state index in [-0.39, 0.29) is 0 Å². The number of nitrogens with one attached hydrogen (secondary N) is 1. The molecule has 5 nitrogen and oxygen atoms in total. The zero-order chi connectivity index (χ0) is 15.2. The molecular weight excluding hydrogens is 270 g/mol. The first-order valence-corrected chi connectivity index (χ1v) is 7.11. The van der Waals surface area contributed by atoms with Gasteiger partial charge in [0.05, 0.1) is 0 Å². The Morgan fingerprint density at radius 2 is 1.76 bits per heavy atom. The van der Waals surface area contributed by atoms with Gasteiger partial charge in [0, 0.05) is 11.9 Å². The molecule has 0 radical (unpaired) electrons. The molecule has 0 aromatic heterocycles. The van der Waals surface area contributed by atoms with Gasteiger partial charge in [-0.25, -0.2) is 9.59 Å². The van der Waals surface area contributed by atoms with Crippen LogP contribution < -0.4 is 5.32 Å². The van der Waals surface area contributed by atoms with Crippen LogP contribution in [0.5, 0.6) is 0 Å². The number of aliphatic carboxylic acids is 2. The standard InChI is InChI=1S/C16H19NO4/c18-15(19)14(16(20)21)10-17-13-8-4-7-12(9-13)11-5-2-1-3-6-11/h4,7-11,17H,1-3,5-6H2,(H,18,19)(H,20,21). The molecule has 0 atom stereocenters. The Labute approximate surface area is 123 Å². The number of rotatable bonds is 5. The normalized spacial score (nSPS) is 15.2. The topological polar surface area (TPSA) is 86.6 Å². The summed E-state index contributed by atoms with van der Waals surface area (Å²) in [7, 11) is 0. The molecule has 21 heavy (non-hydrogen) atoms. The Kier molecular flexibility index (Phi) is 4.98. The maximum atomic E-state index is 10.8. The van der Waals surface area contributed by atoms with Crippen molar-refractivity contribution in [1.29, 1.82) is 0 Å². The highest BCUT2D eigenvalue weighted by molar-refractivity contribution is 6.12. The van der Waals surface area contributed by atoms with E-state index >= 15 is 0 Å². The van der Waals surface area contributed by atoms with Crippen molar-refractivity contribution in [1.82, 2.24) is 0 Å². The monoisotopic (exact) mass is 289 g/mol. The lowest BCUT2D eigenvalue weighted by Crippen LogP contribution is -2.13. The summed E-state index contributed by atoms with van der Waals surface area (Å²) < 4.78 is 0. The van der Waals surface area contributed by atoms with Crippen LogP contribution in [0.3, 0.4) is 0 Å². The third-order valence-electron chi connectivity index (χ3n) is 3.81. The minimum Gasteiger partial charge on any atom is -0.477 e. The second-order valence-electron chi connectivity index (χ2n) is 5.27. The van der Waals surface area contributed by atoms with Gasteiger partial charge in [0.1, 0.15) is 0 Å². The van der Waals surface area contributed by atoms with Crippen molar-refractivity contribution in [2.75, 3.05) is 5.32 Å². The molecule has 112 valence electrons. The number of anilines is 1. The Hall–Kier alpha value is -2.30. The van der Waals surface area contributed by atoms with Crippen LogP contribution in [0.4, 0.5) is 5.69 Å². The Morgan fingerprint density at radius 1 is 1.10 bits per heavy atom. The first-order valence-electron chi connectivity index (χ1n) is 7.11. The molecule has 1 fully saturated rings. The largest absolute Gasteiger partial charge is 0.477 e. The molecule has 1 aliphatic carbocycles. The van der Waals surface area contributed by atoms with Gasteiger partial charge in [0.25, 0.3) is 0 Å². The van der Waals surface area contributed by atoms with Crippen LogP contribution in [-0.2, 0) is 9.59 Å². The van der Waals surface area contributed by atoms with E-state index in [1.54, 1.807) is 6.07 Å². The molecule has 1 aromatic rings. The fourth-order valence-corrected chi connectivity index (χ4v) is 2.69. The van der Waals surface area contributed by atoms with E-state index < -0.39 is 17.5 Å². The van der Waals surface area contributed by atoms with Gasteiger partial charge < -0.3 is 15.5 Å². The lowest BCUT2D eigenvalue weighted by molar-refractivity contribution is -0.140. The maximum absolute atomic E-state index is 10.8. The zero-order valence-electron chi connectivity index (χ0n) is 11.7. The van der Waals surface area contributed by atoms with Gasteiger partial charge in [-0.15, -0.1) is 0 Å². The molecule has 0 saturated heterocycles. The molecule has 1 aromatic carbocycles. The van der Waals surface area contributed by atoms with Crippen LogP contribution in [0.1, 0.15) is 43.6 Å². The molecule has 3 N–H and O–H groups in total. The molecule has 0 amide bonds. The first-order chi connectivity index (χ1) is 10.1. The van der Waals surface area contributed by atoms with Crippen LogP contribution in [-0.4, -0.2) is 22.2 Å². The maximum Gasteiger partial charge on any atom is 0.344 e. The van der Waals surface area contributed by atoms with Gasteiger partial charge in [-0.2, -0.15) is 0 Å². The predicted molar refractivity (Wildman–Crippen MR) is 79.2 cm³/mol. The second kappa shape index (κ2) is 6.92. The molecule has 0 spiro atoms. The van der Waals surface area contributed by atoms with Gasteiger partial charge >= 0.3 is 11.9 Å². The molecule has 1 aliphatic rings. The number of hydrogen-bond donors (Lipinski definition) is 3. The predicted octanol–water partition coefficient (Wildman–Crippen LogP) is 3.20. The second-order valence-corrected chi connectivity index (χ2v) is 5.27. The summed E-state index contributed by atoms with van der Waals surface area (Å²) in [5, 5.41) is 20.3. The Balaban J connectivity index is 2.12. The van der Waals surface area contributed by atoms with Gasteiger partial charge in [0.15, 0.2) is 5.57 Å². The summed E-state index contributed by atoms with van der Waals surface area (Å²) in [5.74, 6) is -2.38. The van der Waals surface area contributed by atoms with Gasteiger partial charge in [0.2, 0.25) is 0 Å². The number of hydrogen-bond acceptors (Lipinski definition) is 3. The minimum absolute atomic E-state index is 0.544. The van der Waals surface area contributed by atoms with E-state index in [0.717, 1.165) is 6.20 Å². The Morgan fingerprint density at radius 3 is 2.38 bits per heavy atom. The number of benzene rings is 1. The third kappa shape index (κ3) is 4.08. The van der Waals surface area contributed by atoms with Crippen molar-refractivity contribution < 1.29 is 19.8 Å². The zero-order valence-corrected chi connectivity index (χ0v) is 11.7. The lowest BCUT2D eigenvalue weighted by Gasteiger charge is -2.22. The summed E-state index contributed by atoms with van der Waals surface area (Å²) in [6.07, 6.45) is 7.14.